The minimum atomic E-state index is -0.392. The van der Waals surface area contributed by atoms with Crippen molar-refractivity contribution < 1.29 is 19.1 Å². The fourth-order valence-corrected chi connectivity index (χ4v) is 2.35. The van der Waals surface area contributed by atoms with Crippen LogP contribution < -0.4 is 14.8 Å². The molecule has 0 fully saturated rings. The van der Waals surface area contributed by atoms with Crippen molar-refractivity contribution in [1.29, 1.82) is 0 Å². The predicted octanol–water partition coefficient (Wildman–Crippen LogP) is 3.16. The third kappa shape index (κ3) is 4.61. The van der Waals surface area contributed by atoms with Gasteiger partial charge in [-0.3, -0.25) is 4.79 Å². The van der Waals surface area contributed by atoms with Crippen molar-refractivity contribution in [3.8, 4) is 23.3 Å². The first kappa shape index (κ1) is 18.8. The average molecular weight is 378 g/mol. The number of oxime groups is 1. The van der Waals surface area contributed by atoms with Crippen molar-refractivity contribution in [1.82, 2.24) is 15.3 Å². The van der Waals surface area contributed by atoms with Crippen LogP contribution in [0.4, 0.5) is 0 Å². The minimum Gasteiger partial charge on any atom is -0.457 e. The molecule has 28 heavy (non-hydrogen) atoms. The number of amides is 1. The van der Waals surface area contributed by atoms with Gasteiger partial charge in [0.2, 0.25) is 0 Å². The number of aromatic nitrogens is 2. The van der Waals surface area contributed by atoms with E-state index in [2.05, 4.69) is 20.4 Å². The van der Waals surface area contributed by atoms with Gasteiger partial charge in [0.25, 0.3) is 5.91 Å². The lowest BCUT2D eigenvalue weighted by atomic mass is 10.1. The molecule has 3 rings (SSSR count). The van der Waals surface area contributed by atoms with Gasteiger partial charge in [-0.25, -0.2) is 9.97 Å². The number of hydrogen-bond donors (Lipinski definition) is 1. The molecule has 1 N–H and O–H groups in total. The topological polar surface area (TPSA) is 94.9 Å². The zero-order valence-electron chi connectivity index (χ0n) is 15.3. The van der Waals surface area contributed by atoms with Crippen LogP contribution in [0.3, 0.4) is 0 Å². The van der Waals surface area contributed by atoms with Crippen molar-refractivity contribution >= 4 is 11.6 Å². The van der Waals surface area contributed by atoms with E-state index in [1.807, 2.05) is 0 Å². The predicted molar refractivity (Wildman–Crippen MR) is 103 cm³/mol. The molecule has 1 heterocycles. The number of carbonyl (C=O) groups excluding carboxylic acids is 1. The van der Waals surface area contributed by atoms with E-state index in [4.69, 9.17) is 14.3 Å². The van der Waals surface area contributed by atoms with Gasteiger partial charge in [-0.2, -0.15) is 0 Å². The fourth-order valence-electron chi connectivity index (χ4n) is 2.35. The number of para-hydroxylation sites is 1. The summed E-state index contributed by atoms with van der Waals surface area (Å²) in [6, 6.07) is 16.0. The largest absolute Gasteiger partial charge is 0.457 e. The van der Waals surface area contributed by atoms with Crippen LogP contribution in [0.1, 0.15) is 5.56 Å². The van der Waals surface area contributed by atoms with Gasteiger partial charge in [0.1, 0.15) is 24.4 Å². The molecule has 0 atom stereocenters. The Balaban J connectivity index is 1.87. The number of carbonyl (C=O) groups is 1. The smallest absolute Gasteiger partial charge is 0.321 e. The number of hydrogen-bond acceptors (Lipinski definition) is 7. The zero-order valence-corrected chi connectivity index (χ0v) is 15.3. The first-order valence-corrected chi connectivity index (χ1v) is 8.36. The van der Waals surface area contributed by atoms with Crippen LogP contribution in [0.2, 0.25) is 0 Å². The second-order valence-electron chi connectivity index (χ2n) is 5.41. The molecule has 0 bridgehead atoms. The summed E-state index contributed by atoms with van der Waals surface area (Å²) in [5, 5.41) is 6.36. The van der Waals surface area contributed by atoms with E-state index in [9.17, 15) is 4.79 Å². The number of benzene rings is 2. The molecule has 0 unspecified atom stereocenters. The molecule has 1 amide bonds. The summed E-state index contributed by atoms with van der Waals surface area (Å²) in [5.41, 5.74) is 0.590. The molecule has 0 radical (unpaired) electrons. The average Bonchev–Trinajstić information content (AvgIpc) is 2.73. The molecule has 0 spiro atoms. The van der Waals surface area contributed by atoms with Crippen LogP contribution >= 0.6 is 0 Å². The SMILES string of the molecule is CNC(=O)/C(=N\OC)c1ccccc1Oc1cccc(Oc2ncccn2)c1. The lowest BCUT2D eigenvalue weighted by molar-refractivity contribution is -0.114. The molecule has 1 aromatic heterocycles. The summed E-state index contributed by atoms with van der Waals surface area (Å²) in [6.45, 7) is 0. The lowest BCUT2D eigenvalue weighted by Gasteiger charge is -2.12. The maximum atomic E-state index is 12.2. The van der Waals surface area contributed by atoms with E-state index in [1.54, 1.807) is 67.0 Å². The van der Waals surface area contributed by atoms with Crippen LogP contribution in [0.15, 0.2) is 72.1 Å². The number of likely N-dealkylation sites (N-methyl/N-ethyl adjacent to an activating group) is 1. The van der Waals surface area contributed by atoms with E-state index in [0.29, 0.717) is 22.8 Å². The van der Waals surface area contributed by atoms with Crippen molar-refractivity contribution in [2.45, 2.75) is 0 Å². The number of nitrogens with one attached hydrogen (secondary N) is 1. The summed E-state index contributed by atoms with van der Waals surface area (Å²) in [5.74, 6) is 1.07. The summed E-state index contributed by atoms with van der Waals surface area (Å²) >= 11 is 0. The van der Waals surface area contributed by atoms with Crippen molar-refractivity contribution in [2.75, 3.05) is 14.2 Å². The molecule has 0 saturated carbocycles. The van der Waals surface area contributed by atoms with Gasteiger partial charge in [-0.05, 0) is 30.3 Å². The number of rotatable bonds is 7. The van der Waals surface area contributed by atoms with Crippen molar-refractivity contribution in [2.24, 2.45) is 5.16 Å². The monoisotopic (exact) mass is 378 g/mol. The summed E-state index contributed by atoms with van der Waals surface area (Å²) < 4.78 is 11.6. The van der Waals surface area contributed by atoms with Crippen LogP contribution in [0.25, 0.3) is 0 Å². The van der Waals surface area contributed by atoms with Crippen LogP contribution in [-0.2, 0) is 9.63 Å². The molecule has 0 aliphatic rings. The highest BCUT2D eigenvalue weighted by Crippen LogP contribution is 2.29. The van der Waals surface area contributed by atoms with E-state index in [1.165, 1.54) is 14.2 Å². The molecular weight excluding hydrogens is 360 g/mol. The van der Waals surface area contributed by atoms with Gasteiger partial charge in [-0.1, -0.05) is 23.4 Å². The molecular formula is C20H18N4O4. The summed E-state index contributed by atoms with van der Waals surface area (Å²) in [6.07, 6.45) is 3.18. The fraction of sp³-hybridized carbons (Fsp3) is 0.100. The third-order valence-electron chi connectivity index (χ3n) is 3.55. The van der Waals surface area contributed by atoms with E-state index >= 15 is 0 Å². The second-order valence-corrected chi connectivity index (χ2v) is 5.41. The molecule has 8 heteroatoms. The Morgan fingerprint density at radius 2 is 1.68 bits per heavy atom. The van der Waals surface area contributed by atoms with E-state index in [-0.39, 0.29) is 11.7 Å². The van der Waals surface area contributed by atoms with Crippen LogP contribution in [0.5, 0.6) is 23.3 Å². The number of nitrogens with zero attached hydrogens (tertiary/aromatic N) is 3. The zero-order chi connectivity index (χ0) is 19.8. The van der Waals surface area contributed by atoms with Gasteiger partial charge in [0, 0.05) is 25.5 Å². The Kier molecular flexibility index (Phi) is 6.14. The van der Waals surface area contributed by atoms with Gasteiger partial charge in [0.05, 0.1) is 5.56 Å². The molecule has 142 valence electrons. The Morgan fingerprint density at radius 1 is 0.964 bits per heavy atom. The molecule has 3 aromatic rings. The first-order chi connectivity index (χ1) is 13.7. The quantitative estimate of drug-likeness (QED) is 0.501. The first-order valence-electron chi connectivity index (χ1n) is 8.36. The lowest BCUT2D eigenvalue weighted by Crippen LogP contribution is -2.28. The molecule has 8 nitrogen and oxygen atoms in total. The Morgan fingerprint density at radius 3 is 2.39 bits per heavy atom. The van der Waals surface area contributed by atoms with Gasteiger partial charge >= 0.3 is 6.01 Å². The molecule has 0 aliphatic heterocycles. The highest BCUT2D eigenvalue weighted by molar-refractivity contribution is 6.45. The maximum Gasteiger partial charge on any atom is 0.321 e. The van der Waals surface area contributed by atoms with Crippen molar-refractivity contribution in [3.63, 3.8) is 0 Å². The number of ether oxygens (including phenoxy) is 2. The highest BCUT2D eigenvalue weighted by Gasteiger charge is 2.18. The van der Waals surface area contributed by atoms with Gasteiger partial charge in [0.15, 0.2) is 5.71 Å². The molecule has 2 aromatic carbocycles. The van der Waals surface area contributed by atoms with E-state index < -0.39 is 5.91 Å². The second kappa shape index (κ2) is 9.13. The van der Waals surface area contributed by atoms with Gasteiger partial charge < -0.3 is 19.6 Å². The summed E-state index contributed by atoms with van der Waals surface area (Å²) in [4.78, 5) is 25.0. The maximum absolute atomic E-state index is 12.2. The minimum absolute atomic E-state index is 0.102. The normalized spacial score (nSPS) is 10.9. The van der Waals surface area contributed by atoms with Crippen LogP contribution in [0, 0.1) is 0 Å². The molecule has 0 aliphatic carbocycles. The molecule has 0 saturated heterocycles. The standard InChI is InChI=1S/C20H18N4O4/c1-21-19(25)18(24-26-2)16-9-3-4-10-17(16)27-14-7-5-8-15(13-14)28-20-22-11-6-12-23-20/h3-13H,1-2H3,(H,21,25)/b24-18-. The van der Waals surface area contributed by atoms with Crippen molar-refractivity contribution in [3.05, 3.63) is 72.6 Å². The highest BCUT2D eigenvalue weighted by atomic mass is 16.6. The van der Waals surface area contributed by atoms with E-state index in [0.717, 1.165) is 0 Å². The van der Waals surface area contributed by atoms with Crippen LogP contribution in [-0.4, -0.2) is 35.7 Å². The third-order valence-corrected chi connectivity index (χ3v) is 3.55. The van der Waals surface area contributed by atoms with Gasteiger partial charge in [-0.15, -0.1) is 0 Å². The Bertz CT molecular complexity index is 977. The Labute approximate surface area is 161 Å². The summed E-state index contributed by atoms with van der Waals surface area (Å²) in [7, 11) is 2.89. The Hall–Kier alpha value is -3.94.